The zero-order valence-corrected chi connectivity index (χ0v) is 16.0. The lowest BCUT2D eigenvalue weighted by atomic mass is 9.97. The molecule has 0 amide bonds. The Morgan fingerprint density at radius 3 is 2.44 bits per heavy atom. The summed E-state index contributed by atoms with van der Waals surface area (Å²) in [5.74, 6) is -1.31. The summed E-state index contributed by atoms with van der Waals surface area (Å²) in [7, 11) is 0. The van der Waals surface area contributed by atoms with E-state index in [0.717, 1.165) is 0 Å². The number of pyridine rings is 1. The monoisotopic (exact) mass is 403 g/mol. The Morgan fingerprint density at radius 1 is 1.15 bits per heavy atom. The number of carbonyl (C=O) groups is 1. The van der Waals surface area contributed by atoms with Crippen LogP contribution in [0.3, 0.4) is 0 Å². The van der Waals surface area contributed by atoms with Crippen molar-refractivity contribution in [2.45, 2.75) is 20.4 Å². The summed E-state index contributed by atoms with van der Waals surface area (Å²) in [6.45, 7) is 4.10. The molecule has 0 spiro atoms. The number of aromatic nitrogens is 3. The molecule has 1 N–H and O–H groups in total. The second-order valence-corrected chi connectivity index (χ2v) is 6.64. The standard InChI is InChI=1S/C19H15Cl2N3O3/c1-3-24-10(2)15(12-6-7-22-23-9-12)18(25)16(19(26)27)17(24)11-4-5-13(20)14(21)8-11/h4-9H,3H2,1-2H3,(H,26,27). The summed E-state index contributed by atoms with van der Waals surface area (Å²) in [6.07, 6.45) is 2.89. The van der Waals surface area contributed by atoms with Gasteiger partial charge in [0.05, 0.1) is 33.7 Å². The summed E-state index contributed by atoms with van der Waals surface area (Å²) in [5, 5.41) is 17.9. The lowest BCUT2D eigenvalue weighted by molar-refractivity contribution is 0.0695. The molecule has 0 fully saturated rings. The van der Waals surface area contributed by atoms with Gasteiger partial charge in [-0.05, 0) is 32.0 Å². The Labute approximate surface area is 165 Å². The molecule has 8 heteroatoms. The van der Waals surface area contributed by atoms with Gasteiger partial charge in [0.2, 0.25) is 5.43 Å². The fourth-order valence-corrected chi connectivity index (χ4v) is 3.45. The molecule has 0 saturated carbocycles. The van der Waals surface area contributed by atoms with Crippen molar-refractivity contribution in [3.8, 4) is 22.4 Å². The first-order chi connectivity index (χ1) is 12.9. The Kier molecular flexibility index (Phi) is 5.30. The lowest BCUT2D eigenvalue weighted by Gasteiger charge is -2.21. The Morgan fingerprint density at radius 2 is 1.89 bits per heavy atom. The predicted octanol–water partition coefficient (Wildman–Crippen LogP) is 4.31. The molecule has 0 aliphatic carbocycles. The predicted molar refractivity (Wildman–Crippen MR) is 105 cm³/mol. The smallest absolute Gasteiger partial charge is 0.341 e. The highest BCUT2D eigenvalue weighted by Gasteiger charge is 2.25. The lowest BCUT2D eigenvalue weighted by Crippen LogP contribution is -2.25. The van der Waals surface area contributed by atoms with Gasteiger partial charge in [-0.15, -0.1) is 0 Å². The summed E-state index contributed by atoms with van der Waals surface area (Å²) >= 11 is 12.1. The quantitative estimate of drug-likeness (QED) is 0.701. The molecule has 0 bridgehead atoms. The highest BCUT2D eigenvalue weighted by atomic mass is 35.5. The SMILES string of the molecule is CCn1c(C)c(-c2ccnnc2)c(=O)c(C(=O)O)c1-c1ccc(Cl)c(Cl)c1. The average molecular weight is 404 g/mol. The van der Waals surface area contributed by atoms with Crippen LogP contribution < -0.4 is 5.43 Å². The first-order valence-electron chi connectivity index (χ1n) is 8.10. The van der Waals surface area contributed by atoms with E-state index in [2.05, 4.69) is 10.2 Å². The number of hydrogen-bond donors (Lipinski definition) is 1. The zero-order valence-electron chi connectivity index (χ0n) is 14.5. The van der Waals surface area contributed by atoms with Crippen LogP contribution in [0.25, 0.3) is 22.4 Å². The second-order valence-electron chi connectivity index (χ2n) is 5.82. The molecule has 3 aromatic rings. The van der Waals surface area contributed by atoms with Crippen molar-refractivity contribution in [1.29, 1.82) is 0 Å². The molecule has 2 heterocycles. The van der Waals surface area contributed by atoms with Crippen LogP contribution in [0.1, 0.15) is 23.0 Å². The Balaban J connectivity index is 2.46. The van der Waals surface area contributed by atoms with Crippen LogP contribution in [-0.2, 0) is 6.54 Å². The maximum absolute atomic E-state index is 13.1. The summed E-state index contributed by atoms with van der Waals surface area (Å²) in [6, 6.07) is 6.41. The number of carboxylic acid groups (broad SMARTS) is 1. The van der Waals surface area contributed by atoms with E-state index >= 15 is 0 Å². The highest BCUT2D eigenvalue weighted by Crippen LogP contribution is 2.32. The first kappa shape index (κ1) is 19.1. The fraction of sp³-hybridized carbons (Fsp3) is 0.158. The van der Waals surface area contributed by atoms with Gasteiger partial charge in [0.1, 0.15) is 5.56 Å². The van der Waals surface area contributed by atoms with Crippen LogP contribution in [0.2, 0.25) is 10.0 Å². The summed E-state index contributed by atoms with van der Waals surface area (Å²) < 4.78 is 1.78. The Hall–Kier alpha value is -2.70. The minimum absolute atomic E-state index is 0.278. The molecule has 3 rings (SSSR count). The van der Waals surface area contributed by atoms with Crippen LogP contribution in [0.15, 0.2) is 41.5 Å². The van der Waals surface area contributed by atoms with Crippen molar-refractivity contribution in [1.82, 2.24) is 14.8 Å². The third-order valence-electron chi connectivity index (χ3n) is 4.32. The minimum Gasteiger partial charge on any atom is -0.477 e. The van der Waals surface area contributed by atoms with Crippen molar-refractivity contribution in [3.63, 3.8) is 0 Å². The number of benzene rings is 1. The van der Waals surface area contributed by atoms with Crippen LogP contribution in [0, 0.1) is 6.92 Å². The van der Waals surface area contributed by atoms with Crippen LogP contribution in [0.5, 0.6) is 0 Å². The van der Waals surface area contributed by atoms with E-state index in [1.165, 1.54) is 12.4 Å². The highest BCUT2D eigenvalue weighted by molar-refractivity contribution is 6.42. The van der Waals surface area contributed by atoms with Crippen molar-refractivity contribution >= 4 is 29.2 Å². The minimum atomic E-state index is -1.31. The maximum Gasteiger partial charge on any atom is 0.341 e. The van der Waals surface area contributed by atoms with Crippen molar-refractivity contribution in [2.24, 2.45) is 0 Å². The number of aromatic carboxylic acids is 1. The van der Waals surface area contributed by atoms with Gasteiger partial charge < -0.3 is 9.67 Å². The molecule has 0 unspecified atom stereocenters. The van der Waals surface area contributed by atoms with Crippen LogP contribution >= 0.6 is 23.2 Å². The van der Waals surface area contributed by atoms with Gasteiger partial charge in [0.25, 0.3) is 0 Å². The van der Waals surface area contributed by atoms with Crippen LogP contribution in [-0.4, -0.2) is 25.8 Å². The number of rotatable bonds is 4. The number of carboxylic acids is 1. The Bertz CT molecular complexity index is 1100. The van der Waals surface area contributed by atoms with Gasteiger partial charge in [0.15, 0.2) is 0 Å². The van der Waals surface area contributed by atoms with Gasteiger partial charge in [-0.1, -0.05) is 29.3 Å². The third-order valence-corrected chi connectivity index (χ3v) is 5.06. The molecule has 0 radical (unpaired) electrons. The van der Waals surface area contributed by atoms with E-state index in [1.54, 1.807) is 35.8 Å². The van der Waals surface area contributed by atoms with E-state index in [9.17, 15) is 14.7 Å². The second kappa shape index (κ2) is 7.50. The first-order valence-corrected chi connectivity index (χ1v) is 8.85. The van der Waals surface area contributed by atoms with E-state index in [1.807, 2.05) is 6.92 Å². The maximum atomic E-state index is 13.1. The van der Waals surface area contributed by atoms with Crippen LogP contribution in [0.4, 0.5) is 0 Å². The normalized spacial score (nSPS) is 10.8. The zero-order chi connectivity index (χ0) is 19.7. The van der Waals surface area contributed by atoms with Crippen molar-refractivity contribution < 1.29 is 9.90 Å². The molecule has 0 aliphatic heterocycles. The van der Waals surface area contributed by atoms with E-state index in [4.69, 9.17) is 23.2 Å². The largest absolute Gasteiger partial charge is 0.477 e. The fourth-order valence-electron chi connectivity index (χ4n) is 3.15. The van der Waals surface area contributed by atoms with Gasteiger partial charge in [-0.3, -0.25) is 4.79 Å². The molecule has 138 valence electrons. The molecule has 2 aromatic heterocycles. The van der Waals surface area contributed by atoms with Crippen molar-refractivity contribution in [2.75, 3.05) is 0 Å². The number of hydrogen-bond acceptors (Lipinski definition) is 4. The summed E-state index contributed by atoms with van der Waals surface area (Å²) in [4.78, 5) is 25.2. The molecule has 0 aliphatic rings. The average Bonchev–Trinajstić information content (AvgIpc) is 2.64. The topological polar surface area (TPSA) is 85.1 Å². The molecule has 0 saturated heterocycles. The van der Waals surface area contributed by atoms with E-state index in [0.29, 0.717) is 28.4 Å². The van der Waals surface area contributed by atoms with Gasteiger partial charge in [-0.25, -0.2) is 4.79 Å². The number of nitrogens with zero attached hydrogens (tertiary/aromatic N) is 3. The third kappa shape index (κ3) is 3.34. The van der Waals surface area contributed by atoms with Gasteiger partial charge in [-0.2, -0.15) is 10.2 Å². The summed E-state index contributed by atoms with van der Waals surface area (Å²) in [5.41, 5.74) is 1.30. The van der Waals surface area contributed by atoms with E-state index < -0.39 is 11.4 Å². The number of halogens is 2. The molecule has 6 nitrogen and oxygen atoms in total. The van der Waals surface area contributed by atoms with Crippen molar-refractivity contribution in [3.05, 3.63) is 68.2 Å². The molecule has 27 heavy (non-hydrogen) atoms. The van der Waals surface area contributed by atoms with Gasteiger partial charge >= 0.3 is 5.97 Å². The molecule has 1 aromatic carbocycles. The molecular formula is C19H15Cl2N3O3. The molecule has 0 atom stereocenters. The van der Waals surface area contributed by atoms with E-state index in [-0.39, 0.29) is 21.8 Å². The molecular weight excluding hydrogens is 389 g/mol. The van der Waals surface area contributed by atoms with Gasteiger partial charge in [0, 0.05) is 23.4 Å².